The molecular weight excluding hydrogens is 290 g/mol. The number of carbonyl (C=O) groups excluding carboxylic acids is 1. The number of nitrogens with one attached hydrogen (secondary N) is 3. The number of hydrogen-bond donors (Lipinski definition) is 3. The molecule has 6 nitrogen and oxygen atoms in total. The molecule has 1 aliphatic rings. The number of benzene rings is 1. The van der Waals surface area contributed by atoms with Gasteiger partial charge >= 0.3 is 0 Å². The van der Waals surface area contributed by atoms with Crippen LogP contribution >= 0.6 is 0 Å². The van der Waals surface area contributed by atoms with E-state index < -0.39 is 0 Å². The Morgan fingerprint density at radius 1 is 1.35 bits per heavy atom. The number of aryl methyl sites for hydroxylation is 1. The van der Waals surface area contributed by atoms with E-state index in [4.69, 9.17) is 0 Å². The fraction of sp³-hybridized carbons (Fsp3) is 0.353. The number of carbonyl (C=O) groups is 1. The van der Waals surface area contributed by atoms with Crippen LogP contribution in [0.1, 0.15) is 19.0 Å². The van der Waals surface area contributed by atoms with Crippen LogP contribution in [0.2, 0.25) is 0 Å². The predicted molar refractivity (Wildman–Crippen MR) is 90.7 cm³/mol. The fourth-order valence-corrected chi connectivity index (χ4v) is 2.89. The summed E-state index contributed by atoms with van der Waals surface area (Å²) in [4.78, 5) is 21.2. The van der Waals surface area contributed by atoms with Gasteiger partial charge in [-0.2, -0.15) is 0 Å². The topological polar surface area (TPSA) is 78.9 Å². The molecule has 0 bridgehead atoms. The Bertz CT molecular complexity index is 745. The maximum Gasteiger partial charge on any atom is 0.227 e. The molecule has 23 heavy (non-hydrogen) atoms. The van der Waals surface area contributed by atoms with E-state index in [1.807, 2.05) is 38.1 Å². The first-order valence-corrected chi connectivity index (χ1v) is 7.75. The summed E-state index contributed by atoms with van der Waals surface area (Å²) in [5.41, 5.74) is 1.78. The number of fused-ring (bicyclic) bond motifs is 1. The molecule has 2 aromatic rings. The molecule has 3 atom stereocenters. The quantitative estimate of drug-likeness (QED) is 0.752. The number of amides is 1. The fourth-order valence-electron chi connectivity index (χ4n) is 2.89. The van der Waals surface area contributed by atoms with E-state index in [1.54, 1.807) is 6.08 Å². The van der Waals surface area contributed by atoms with Crippen LogP contribution in [0.3, 0.4) is 0 Å². The highest BCUT2D eigenvalue weighted by molar-refractivity contribution is 5.82. The van der Waals surface area contributed by atoms with Crippen LogP contribution in [0, 0.1) is 12.8 Å². The van der Waals surface area contributed by atoms with Gasteiger partial charge in [0.05, 0.1) is 17.1 Å². The summed E-state index contributed by atoms with van der Waals surface area (Å²) in [7, 11) is 0. The smallest absolute Gasteiger partial charge is 0.227 e. The SMILES string of the molecule is C=CCC1C(=O)NC(Nc2nc(C)c3ccccc3n2)NC1C. The van der Waals surface area contributed by atoms with E-state index in [-0.39, 0.29) is 24.2 Å². The highest BCUT2D eigenvalue weighted by atomic mass is 16.2. The second-order valence-electron chi connectivity index (χ2n) is 5.82. The third-order valence-electron chi connectivity index (χ3n) is 4.14. The van der Waals surface area contributed by atoms with Crippen molar-refractivity contribution in [2.24, 2.45) is 5.92 Å². The van der Waals surface area contributed by atoms with Crippen molar-refractivity contribution in [3.63, 3.8) is 0 Å². The van der Waals surface area contributed by atoms with Crippen LogP contribution in [-0.2, 0) is 4.79 Å². The normalized spacial score (nSPS) is 24.3. The standard InChI is InChI=1S/C17H21N5O/c1-4-7-13-11(3)19-17(21-15(13)23)22-16-18-10(2)12-8-5-6-9-14(12)20-16/h4-6,8-9,11,13,17,19H,1,7H2,2-3H3,(H,21,23)(H,18,20,22). The summed E-state index contributed by atoms with van der Waals surface area (Å²) in [6, 6.07) is 7.90. The molecule has 3 rings (SSSR count). The molecule has 1 saturated heterocycles. The lowest BCUT2D eigenvalue weighted by Gasteiger charge is -2.35. The second kappa shape index (κ2) is 6.34. The molecule has 2 heterocycles. The number of allylic oxidation sites excluding steroid dienone is 1. The first-order valence-electron chi connectivity index (χ1n) is 7.75. The summed E-state index contributed by atoms with van der Waals surface area (Å²) in [5, 5.41) is 10.4. The van der Waals surface area contributed by atoms with Gasteiger partial charge in [-0.3, -0.25) is 10.1 Å². The maximum absolute atomic E-state index is 12.2. The minimum atomic E-state index is -0.390. The Morgan fingerprint density at radius 3 is 2.87 bits per heavy atom. The number of hydrogen-bond acceptors (Lipinski definition) is 5. The van der Waals surface area contributed by atoms with Crippen LogP contribution in [0.4, 0.5) is 5.95 Å². The minimum absolute atomic E-state index is 0.00570. The molecule has 1 aromatic heterocycles. The number of nitrogens with zero attached hydrogens (tertiary/aromatic N) is 2. The Kier molecular flexibility index (Phi) is 4.25. The molecule has 0 aliphatic carbocycles. The van der Waals surface area contributed by atoms with Gasteiger partial charge in [0, 0.05) is 11.4 Å². The summed E-state index contributed by atoms with van der Waals surface area (Å²) < 4.78 is 0. The molecule has 3 N–H and O–H groups in total. The number of anilines is 1. The van der Waals surface area contributed by atoms with E-state index in [1.165, 1.54) is 0 Å². The molecular formula is C17H21N5O. The number of para-hydroxylation sites is 1. The van der Waals surface area contributed by atoms with Gasteiger partial charge < -0.3 is 10.6 Å². The average molecular weight is 311 g/mol. The Balaban J connectivity index is 1.78. The lowest BCUT2D eigenvalue weighted by molar-refractivity contribution is -0.128. The zero-order valence-electron chi connectivity index (χ0n) is 13.3. The van der Waals surface area contributed by atoms with E-state index in [0.717, 1.165) is 16.6 Å². The van der Waals surface area contributed by atoms with Crippen molar-refractivity contribution in [2.45, 2.75) is 32.6 Å². The first kappa shape index (κ1) is 15.4. The van der Waals surface area contributed by atoms with Crippen LogP contribution in [0.15, 0.2) is 36.9 Å². The Labute approximate surface area is 135 Å². The van der Waals surface area contributed by atoms with E-state index >= 15 is 0 Å². The van der Waals surface area contributed by atoms with Crippen molar-refractivity contribution in [3.8, 4) is 0 Å². The third-order valence-corrected chi connectivity index (χ3v) is 4.14. The van der Waals surface area contributed by atoms with Crippen molar-refractivity contribution in [2.75, 3.05) is 5.32 Å². The molecule has 0 radical (unpaired) electrons. The molecule has 1 amide bonds. The van der Waals surface area contributed by atoms with Crippen molar-refractivity contribution in [1.82, 2.24) is 20.6 Å². The van der Waals surface area contributed by atoms with Crippen molar-refractivity contribution in [3.05, 3.63) is 42.6 Å². The van der Waals surface area contributed by atoms with Gasteiger partial charge in [-0.1, -0.05) is 24.3 Å². The summed E-state index contributed by atoms with van der Waals surface area (Å²) in [5.74, 6) is 0.393. The molecule has 0 saturated carbocycles. The zero-order chi connectivity index (χ0) is 16.4. The highest BCUT2D eigenvalue weighted by Gasteiger charge is 2.32. The van der Waals surface area contributed by atoms with Gasteiger partial charge in [-0.15, -0.1) is 6.58 Å². The first-order chi connectivity index (χ1) is 11.1. The van der Waals surface area contributed by atoms with E-state index in [0.29, 0.717) is 12.4 Å². The number of aromatic nitrogens is 2. The van der Waals surface area contributed by atoms with Crippen LogP contribution in [0.5, 0.6) is 0 Å². The summed E-state index contributed by atoms with van der Waals surface area (Å²) in [6.45, 7) is 7.65. The summed E-state index contributed by atoms with van der Waals surface area (Å²) in [6.07, 6.45) is 2.03. The van der Waals surface area contributed by atoms with Gasteiger partial charge in [0.15, 0.2) is 6.29 Å². The van der Waals surface area contributed by atoms with E-state index in [9.17, 15) is 4.79 Å². The third kappa shape index (κ3) is 3.17. The van der Waals surface area contributed by atoms with Crippen LogP contribution < -0.4 is 16.0 Å². The van der Waals surface area contributed by atoms with Gasteiger partial charge in [-0.25, -0.2) is 9.97 Å². The van der Waals surface area contributed by atoms with Crippen molar-refractivity contribution >= 4 is 22.8 Å². The molecule has 6 heteroatoms. The maximum atomic E-state index is 12.2. The van der Waals surface area contributed by atoms with Gasteiger partial charge in [0.2, 0.25) is 11.9 Å². The molecule has 1 aromatic carbocycles. The highest BCUT2D eigenvalue weighted by Crippen LogP contribution is 2.18. The second-order valence-corrected chi connectivity index (χ2v) is 5.82. The van der Waals surface area contributed by atoms with Gasteiger partial charge in [0.1, 0.15) is 0 Å². The van der Waals surface area contributed by atoms with Crippen LogP contribution in [-0.4, -0.2) is 28.2 Å². The largest absolute Gasteiger partial charge is 0.323 e. The van der Waals surface area contributed by atoms with Crippen molar-refractivity contribution in [1.29, 1.82) is 0 Å². The minimum Gasteiger partial charge on any atom is -0.323 e. The molecule has 120 valence electrons. The Morgan fingerprint density at radius 2 is 2.13 bits per heavy atom. The average Bonchev–Trinajstić information content (AvgIpc) is 2.51. The van der Waals surface area contributed by atoms with Gasteiger partial charge in [-0.05, 0) is 26.3 Å². The lowest BCUT2D eigenvalue weighted by atomic mass is 9.94. The lowest BCUT2D eigenvalue weighted by Crippen LogP contribution is -2.63. The molecule has 1 aliphatic heterocycles. The van der Waals surface area contributed by atoms with Gasteiger partial charge in [0.25, 0.3) is 0 Å². The number of rotatable bonds is 4. The molecule has 1 fully saturated rings. The Hall–Kier alpha value is -2.47. The van der Waals surface area contributed by atoms with Crippen LogP contribution in [0.25, 0.3) is 10.9 Å². The van der Waals surface area contributed by atoms with Crippen molar-refractivity contribution < 1.29 is 4.79 Å². The monoisotopic (exact) mass is 311 g/mol. The van der Waals surface area contributed by atoms with E-state index in [2.05, 4.69) is 32.5 Å². The zero-order valence-corrected chi connectivity index (χ0v) is 13.3. The summed E-state index contributed by atoms with van der Waals surface area (Å²) >= 11 is 0. The predicted octanol–water partition coefficient (Wildman–Crippen LogP) is 1.93. The molecule has 0 spiro atoms. The molecule has 3 unspecified atom stereocenters.